The molecule has 0 saturated heterocycles. The molecule has 0 aliphatic carbocycles. The van der Waals surface area contributed by atoms with Crippen LogP contribution in [0.2, 0.25) is 0 Å². The van der Waals surface area contributed by atoms with Crippen molar-refractivity contribution < 1.29 is 4.42 Å². The fourth-order valence-electron chi connectivity index (χ4n) is 7.49. The molecule has 54 heavy (non-hydrogen) atoms. The van der Waals surface area contributed by atoms with Gasteiger partial charge in [0.25, 0.3) is 0 Å². The van der Waals surface area contributed by atoms with Gasteiger partial charge in [0.15, 0.2) is 5.82 Å². The molecule has 0 aliphatic heterocycles. The molecule has 2 heterocycles. The van der Waals surface area contributed by atoms with Crippen LogP contribution in [0, 0.1) is 0 Å². The van der Waals surface area contributed by atoms with Gasteiger partial charge in [-0.2, -0.15) is 0 Å². The van der Waals surface area contributed by atoms with Crippen molar-refractivity contribution in [2.24, 2.45) is 0 Å². The Kier molecular flexibility index (Phi) is 7.77. The SMILES string of the molecule is c1ccc(-c2cc(-c3cc(-c4ccc(N(c5ccccc5)c5cccc6ccccc56)cc4)cc4oc5ccccc5c34)nc(-c3ccccc3)n2)cc1. The van der Waals surface area contributed by atoms with Gasteiger partial charge in [-0.05, 0) is 71.1 Å². The zero-order chi connectivity index (χ0) is 35.8. The van der Waals surface area contributed by atoms with Crippen LogP contribution in [0.1, 0.15) is 0 Å². The molecule has 0 fully saturated rings. The average molecular weight is 692 g/mol. The Morgan fingerprint density at radius 2 is 1.00 bits per heavy atom. The second-order valence-electron chi connectivity index (χ2n) is 13.4. The Bertz CT molecular complexity index is 2860. The van der Waals surface area contributed by atoms with Crippen molar-refractivity contribution in [3.05, 3.63) is 200 Å². The maximum Gasteiger partial charge on any atom is 0.160 e. The van der Waals surface area contributed by atoms with E-state index in [1.807, 2.05) is 48.5 Å². The molecule has 0 N–H and O–H groups in total. The third-order valence-electron chi connectivity index (χ3n) is 10.1. The summed E-state index contributed by atoms with van der Waals surface area (Å²) < 4.78 is 6.57. The molecule has 10 aromatic rings. The van der Waals surface area contributed by atoms with Crippen molar-refractivity contribution in [2.45, 2.75) is 0 Å². The van der Waals surface area contributed by atoms with E-state index in [0.717, 1.165) is 78.2 Å². The maximum absolute atomic E-state index is 6.57. The lowest BCUT2D eigenvalue weighted by Crippen LogP contribution is -2.10. The molecular formula is C50H33N3O. The standard InChI is InChI=1S/C50H33N3O/c1-4-16-36(17-5-1)44-33-45(52-50(51-44)37-18-6-2-7-19-37)43-31-38(32-48-49(43)42-24-12-13-26-47(42)54-48)34-27-29-40(30-28-34)53(39-21-8-3-9-22-39)46-25-14-20-35-15-10-11-23-41(35)46/h1-33H. The molecule has 10 rings (SSSR count). The van der Waals surface area contributed by atoms with Crippen LogP contribution < -0.4 is 4.90 Å². The third kappa shape index (κ3) is 5.67. The van der Waals surface area contributed by atoms with E-state index in [9.17, 15) is 0 Å². The lowest BCUT2D eigenvalue weighted by molar-refractivity contribution is 0.669. The van der Waals surface area contributed by atoms with Gasteiger partial charge in [-0.15, -0.1) is 0 Å². The summed E-state index contributed by atoms with van der Waals surface area (Å²) in [5, 5.41) is 4.49. The first kappa shape index (κ1) is 31.4. The quantitative estimate of drug-likeness (QED) is 0.167. The summed E-state index contributed by atoms with van der Waals surface area (Å²) in [6, 6.07) is 69.7. The minimum Gasteiger partial charge on any atom is -0.456 e. The molecular weight excluding hydrogens is 659 g/mol. The molecule has 4 nitrogen and oxygen atoms in total. The van der Waals surface area contributed by atoms with Crippen molar-refractivity contribution in [1.29, 1.82) is 0 Å². The van der Waals surface area contributed by atoms with E-state index in [-0.39, 0.29) is 0 Å². The largest absolute Gasteiger partial charge is 0.456 e. The highest BCUT2D eigenvalue weighted by atomic mass is 16.3. The Balaban J connectivity index is 1.15. The monoisotopic (exact) mass is 691 g/mol. The zero-order valence-electron chi connectivity index (χ0n) is 29.3. The van der Waals surface area contributed by atoms with Gasteiger partial charge in [0.2, 0.25) is 0 Å². The van der Waals surface area contributed by atoms with E-state index in [2.05, 4.69) is 157 Å². The first-order chi connectivity index (χ1) is 26.8. The summed E-state index contributed by atoms with van der Waals surface area (Å²) in [5.41, 5.74) is 11.8. The van der Waals surface area contributed by atoms with Crippen LogP contribution in [0.4, 0.5) is 17.1 Å². The summed E-state index contributed by atoms with van der Waals surface area (Å²) in [6.07, 6.45) is 0. The number of hydrogen-bond donors (Lipinski definition) is 0. The molecule has 0 unspecified atom stereocenters. The molecule has 0 amide bonds. The number of fused-ring (bicyclic) bond motifs is 4. The molecule has 254 valence electrons. The number of furan rings is 1. The smallest absolute Gasteiger partial charge is 0.160 e. The van der Waals surface area contributed by atoms with E-state index in [1.165, 1.54) is 10.8 Å². The summed E-state index contributed by atoms with van der Waals surface area (Å²) >= 11 is 0. The van der Waals surface area contributed by atoms with Gasteiger partial charge in [0, 0.05) is 44.2 Å². The number of nitrogens with zero attached hydrogens (tertiary/aromatic N) is 3. The number of rotatable bonds is 7. The van der Waals surface area contributed by atoms with Crippen LogP contribution in [0.15, 0.2) is 205 Å². The lowest BCUT2D eigenvalue weighted by Gasteiger charge is -2.27. The number of anilines is 3. The Morgan fingerprint density at radius 3 is 1.78 bits per heavy atom. The predicted molar refractivity (Wildman–Crippen MR) is 223 cm³/mol. The zero-order valence-corrected chi connectivity index (χ0v) is 29.3. The van der Waals surface area contributed by atoms with E-state index in [1.54, 1.807) is 0 Å². The number of para-hydroxylation sites is 2. The molecule has 0 radical (unpaired) electrons. The minimum absolute atomic E-state index is 0.678. The van der Waals surface area contributed by atoms with Crippen LogP contribution in [-0.2, 0) is 0 Å². The summed E-state index contributed by atoms with van der Waals surface area (Å²) in [5.74, 6) is 0.678. The normalized spacial score (nSPS) is 11.3. The highest BCUT2D eigenvalue weighted by Gasteiger charge is 2.20. The number of hydrogen-bond acceptors (Lipinski definition) is 4. The van der Waals surface area contributed by atoms with Crippen LogP contribution in [0.5, 0.6) is 0 Å². The van der Waals surface area contributed by atoms with Gasteiger partial charge in [-0.3, -0.25) is 0 Å². The van der Waals surface area contributed by atoms with Gasteiger partial charge in [0.1, 0.15) is 11.2 Å². The van der Waals surface area contributed by atoms with Gasteiger partial charge >= 0.3 is 0 Å². The molecule has 0 aliphatic rings. The minimum atomic E-state index is 0.678. The fourth-order valence-corrected chi connectivity index (χ4v) is 7.49. The molecule has 0 atom stereocenters. The molecule has 2 aromatic heterocycles. The molecule has 0 bridgehead atoms. The second-order valence-corrected chi connectivity index (χ2v) is 13.4. The summed E-state index contributed by atoms with van der Waals surface area (Å²) in [4.78, 5) is 12.6. The summed E-state index contributed by atoms with van der Waals surface area (Å²) in [7, 11) is 0. The van der Waals surface area contributed by atoms with Crippen LogP contribution in [0.3, 0.4) is 0 Å². The van der Waals surface area contributed by atoms with Crippen LogP contribution in [-0.4, -0.2) is 9.97 Å². The molecule has 0 spiro atoms. The van der Waals surface area contributed by atoms with Gasteiger partial charge in [-0.1, -0.05) is 146 Å². The van der Waals surface area contributed by atoms with Crippen molar-refractivity contribution >= 4 is 49.8 Å². The Morgan fingerprint density at radius 1 is 0.389 bits per heavy atom. The van der Waals surface area contributed by atoms with Gasteiger partial charge < -0.3 is 9.32 Å². The number of aromatic nitrogens is 2. The Hall–Kier alpha value is -7.30. The average Bonchev–Trinajstić information content (AvgIpc) is 3.63. The first-order valence-electron chi connectivity index (χ1n) is 18.2. The van der Waals surface area contributed by atoms with E-state index >= 15 is 0 Å². The van der Waals surface area contributed by atoms with Gasteiger partial charge in [-0.25, -0.2) is 9.97 Å². The van der Waals surface area contributed by atoms with E-state index in [0.29, 0.717) is 5.82 Å². The lowest BCUT2D eigenvalue weighted by atomic mass is 9.96. The highest BCUT2D eigenvalue weighted by molar-refractivity contribution is 6.13. The highest BCUT2D eigenvalue weighted by Crippen LogP contribution is 2.43. The topological polar surface area (TPSA) is 42.2 Å². The van der Waals surface area contributed by atoms with Gasteiger partial charge in [0.05, 0.1) is 17.1 Å². The Labute approximate surface area is 313 Å². The molecule has 0 saturated carbocycles. The fraction of sp³-hybridized carbons (Fsp3) is 0. The van der Waals surface area contributed by atoms with Crippen molar-refractivity contribution in [2.75, 3.05) is 4.90 Å². The first-order valence-corrected chi connectivity index (χ1v) is 18.2. The molecule has 4 heteroatoms. The maximum atomic E-state index is 6.57. The number of benzene rings is 8. The van der Waals surface area contributed by atoms with Crippen molar-refractivity contribution in [1.82, 2.24) is 9.97 Å². The van der Waals surface area contributed by atoms with Crippen molar-refractivity contribution in [3.8, 4) is 45.0 Å². The van der Waals surface area contributed by atoms with Crippen molar-refractivity contribution in [3.63, 3.8) is 0 Å². The second kappa shape index (κ2) is 13.4. The molecule has 8 aromatic carbocycles. The third-order valence-corrected chi connectivity index (χ3v) is 10.1. The predicted octanol–water partition coefficient (Wildman–Crippen LogP) is 13.7. The van der Waals surface area contributed by atoms with Crippen LogP contribution in [0.25, 0.3) is 77.7 Å². The van der Waals surface area contributed by atoms with Crippen LogP contribution >= 0.6 is 0 Å². The van der Waals surface area contributed by atoms with E-state index < -0.39 is 0 Å². The summed E-state index contributed by atoms with van der Waals surface area (Å²) in [6.45, 7) is 0. The van der Waals surface area contributed by atoms with E-state index in [4.69, 9.17) is 14.4 Å².